The number of para-hydroxylation sites is 1. The largest absolute Gasteiger partial charge is 0.422 e. The number of anilines is 1. The maximum atomic E-state index is 12.8. The number of carbonyl (C=O) groups is 3. The molecule has 2 N–H and O–H groups in total. The van der Waals surface area contributed by atoms with E-state index in [2.05, 4.69) is 31.8 Å². The highest BCUT2D eigenvalue weighted by Gasteiger charge is 2.13. The van der Waals surface area contributed by atoms with Crippen molar-refractivity contribution in [3.63, 3.8) is 0 Å². The molecule has 188 valence electrons. The molecule has 0 heterocycles. The van der Waals surface area contributed by atoms with Gasteiger partial charge in [-0.2, -0.15) is 5.10 Å². The fourth-order valence-corrected chi connectivity index (χ4v) is 3.75. The number of benzene rings is 4. The number of nitrogens with zero attached hydrogens (tertiary/aromatic N) is 1. The monoisotopic (exact) mass is 567 g/mol. The number of esters is 1. The fraction of sp³-hybridized carbons (Fsp3) is 0. The van der Waals surface area contributed by atoms with Crippen molar-refractivity contribution in [1.29, 1.82) is 0 Å². The van der Waals surface area contributed by atoms with E-state index in [-0.39, 0.29) is 17.2 Å². The molecule has 0 aliphatic carbocycles. The minimum absolute atomic E-state index is 0.232. The average molecular weight is 568 g/mol. The number of hydrogen-bond donors (Lipinski definition) is 2. The lowest BCUT2D eigenvalue weighted by molar-refractivity contribution is -0.111. The van der Waals surface area contributed by atoms with Crippen molar-refractivity contribution in [3.8, 4) is 5.75 Å². The Balaban J connectivity index is 1.43. The summed E-state index contributed by atoms with van der Waals surface area (Å²) in [5.74, 6) is -1.14. The third-order valence-electron chi connectivity index (χ3n) is 5.21. The predicted octanol–water partition coefficient (Wildman–Crippen LogP) is 6.08. The molecule has 0 unspecified atom stereocenters. The molecule has 0 bridgehead atoms. The van der Waals surface area contributed by atoms with Crippen LogP contribution in [0.25, 0.3) is 6.08 Å². The molecule has 0 aromatic heterocycles. The van der Waals surface area contributed by atoms with E-state index < -0.39 is 11.9 Å². The summed E-state index contributed by atoms with van der Waals surface area (Å²) in [6.07, 6.45) is 4.45. The van der Waals surface area contributed by atoms with Crippen molar-refractivity contribution >= 4 is 51.7 Å². The highest BCUT2D eigenvalue weighted by atomic mass is 79.9. The Labute approximate surface area is 228 Å². The van der Waals surface area contributed by atoms with Crippen LogP contribution in [0.3, 0.4) is 0 Å². The summed E-state index contributed by atoms with van der Waals surface area (Å²) in [4.78, 5) is 37.7. The van der Waals surface area contributed by atoms with E-state index in [4.69, 9.17) is 4.74 Å². The normalized spacial score (nSPS) is 10.9. The third-order valence-corrected chi connectivity index (χ3v) is 5.70. The summed E-state index contributed by atoms with van der Waals surface area (Å²) >= 11 is 3.39. The summed E-state index contributed by atoms with van der Waals surface area (Å²) in [5.41, 5.74) is 4.78. The second-order valence-electron chi connectivity index (χ2n) is 7.92. The SMILES string of the molecule is O=C(/C=C/c1ccccc1)Nc1ccccc1C(=O)N/N=C\c1cc(Br)ccc1OC(=O)c1ccccc1. The standard InChI is InChI=1S/C30H22BrN3O4/c31-24-16-17-27(38-30(37)22-11-5-2-6-12-22)23(19-24)20-32-34-29(36)25-13-7-8-14-26(25)33-28(35)18-15-21-9-3-1-4-10-21/h1-20H,(H,33,35)(H,34,36)/b18-15+,32-20-. The highest BCUT2D eigenvalue weighted by Crippen LogP contribution is 2.23. The van der Waals surface area contributed by atoms with Gasteiger partial charge in [-0.1, -0.05) is 76.6 Å². The molecule has 0 aliphatic heterocycles. The Kier molecular flexibility index (Phi) is 8.93. The zero-order valence-corrected chi connectivity index (χ0v) is 21.6. The van der Waals surface area contributed by atoms with Crippen LogP contribution in [0.5, 0.6) is 5.75 Å². The molecular weight excluding hydrogens is 546 g/mol. The molecular formula is C30H22BrN3O4. The van der Waals surface area contributed by atoms with E-state index in [1.807, 2.05) is 36.4 Å². The topological polar surface area (TPSA) is 96.9 Å². The Bertz CT molecular complexity index is 1500. The summed E-state index contributed by atoms with van der Waals surface area (Å²) in [6, 6.07) is 29.7. The van der Waals surface area contributed by atoms with E-state index in [1.165, 1.54) is 12.3 Å². The number of rotatable bonds is 8. The van der Waals surface area contributed by atoms with Crippen LogP contribution in [0, 0.1) is 0 Å². The van der Waals surface area contributed by atoms with Crippen LogP contribution in [-0.4, -0.2) is 24.0 Å². The van der Waals surface area contributed by atoms with Crippen LogP contribution < -0.4 is 15.5 Å². The van der Waals surface area contributed by atoms with Crippen LogP contribution in [0.4, 0.5) is 5.69 Å². The summed E-state index contributed by atoms with van der Waals surface area (Å²) in [6.45, 7) is 0. The first-order chi connectivity index (χ1) is 18.5. The highest BCUT2D eigenvalue weighted by molar-refractivity contribution is 9.10. The number of ether oxygens (including phenoxy) is 1. The summed E-state index contributed by atoms with van der Waals surface area (Å²) in [5, 5.41) is 6.75. The van der Waals surface area contributed by atoms with Gasteiger partial charge in [-0.15, -0.1) is 0 Å². The Morgan fingerprint density at radius 3 is 2.26 bits per heavy atom. The Morgan fingerprint density at radius 1 is 0.816 bits per heavy atom. The lowest BCUT2D eigenvalue weighted by Crippen LogP contribution is -2.20. The molecule has 0 spiro atoms. The zero-order valence-electron chi connectivity index (χ0n) is 20.0. The molecule has 0 radical (unpaired) electrons. The maximum absolute atomic E-state index is 12.8. The number of hydrogen-bond acceptors (Lipinski definition) is 5. The molecule has 7 nitrogen and oxygen atoms in total. The van der Waals surface area contributed by atoms with E-state index >= 15 is 0 Å². The second kappa shape index (κ2) is 12.9. The van der Waals surface area contributed by atoms with Gasteiger partial charge in [-0.3, -0.25) is 9.59 Å². The van der Waals surface area contributed by atoms with Crippen molar-refractivity contribution in [2.45, 2.75) is 0 Å². The minimum Gasteiger partial charge on any atom is -0.422 e. The summed E-state index contributed by atoms with van der Waals surface area (Å²) < 4.78 is 6.27. The zero-order chi connectivity index (χ0) is 26.7. The van der Waals surface area contributed by atoms with Gasteiger partial charge in [-0.25, -0.2) is 10.2 Å². The van der Waals surface area contributed by atoms with Gasteiger partial charge in [0.15, 0.2) is 0 Å². The van der Waals surface area contributed by atoms with Gasteiger partial charge >= 0.3 is 5.97 Å². The van der Waals surface area contributed by atoms with Gasteiger partial charge < -0.3 is 10.1 Å². The van der Waals surface area contributed by atoms with Crippen molar-refractivity contribution in [2.75, 3.05) is 5.32 Å². The quantitative estimate of drug-likeness (QED) is 0.0885. The van der Waals surface area contributed by atoms with E-state index in [0.717, 1.165) is 10.0 Å². The van der Waals surface area contributed by atoms with Gasteiger partial charge in [0, 0.05) is 16.1 Å². The average Bonchev–Trinajstić information content (AvgIpc) is 2.94. The molecule has 2 amide bonds. The van der Waals surface area contributed by atoms with Gasteiger partial charge in [0.2, 0.25) is 5.91 Å². The first-order valence-corrected chi connectivity index (χ1v) is 12.3. The molecule has 4 aromatic rings. The smallest absolute Gasteiger partial charge is 0.343 e. The number of carbonyl (C=O) groups excluding carboxylic acids is 3. The molecule has 0 saturated heterocycles. The number of hydrazone groups is 1. The third kappa shape index (κ3) is 7.35. The first kappa shape index (κ1) is 26.2. The number of nitrogens with one attached hydrogen (secondary N) is 2. The first-order valence-electron chi connectivity index (χ1n) is 11.5. The minimum atomic E-state index is -0.526. The van der Waals surface area contributed by atoms with Crippen LogP contribution >= 0.6 is 15.9 Å². The Morgan fingerprint density at radius 2 is 1.50 bits per heavy atom. The van der Waals surface area contributed by atoms with Crippen LogP contribution in [0.2, 0.25) is 0 Å². The fourth-order valence-electron chi connectivity index (χ4n) is 3.37. The van der Waals surface area contributed by atoms with Crippen molar-refractivity contribution in [2.24, 2.45) is 5.10 Å². The molecule has 8 heteroatoms. The maximum Gasteiger partial charge on any atom is 0.343 e. The van der Waals surface area contributed by atoms with Gasteiger partial charge in [0.1, 0.15) is 5.75 Å². The van der Waals surface area contributed by atoms with Crippen LogP contribution in [-0.2, 0) is 4.79 Å². The molecule has 38 heavy (non-hydrogen) atoms. The van der Waals surface area contributed by atoms with E-state index in [9.17, 15) is 14.4 Å². The van der Waals surface area contributed by atoms with E-state index in [0.29, 0.717) is 16.8 Å². The molecule has 0 fully saturated rings. The molecule has 0 aliphatic rings. The predicted molar refractivity (Wildman–Crippen MR) is 151 cm³/mol. The number of halogens is 1. The molecule has 0 atom stereocenters. The Hall–Kier alpha value is -4.82. The molecule has 4 rings (SSSR count). The van der Waals surface area contributed by atoms with Gasteiger partial charge in [0.25, 0.3) is 5.91 Å². The van der Waals surface area contributed by atoms with Crippen LogP contribution in [0.1, 0.15) is 31.8 Å². The van der Waals surface area contributed by atoms with Crippen LogP contribution in [0.15, 0.2) is 119 Å². The lowest BCUT2D eigenvalue weighted by atomic mass is 10.1. The van der Waals surface area contributed by atoms with Crippen molar-refractivity contribution < 1.29 is 19.1 Å². The van der Waals surface area contributed by atoms with E-state index in [1.54, 1.807) is 72.8 Å². The van der Waals surface area contributed by atoms with Gasteiger partial charge in [-0.05, 0) is 54.1 Å². The number of amides is 2. The van der Waals surface area contributed by atoms with Crippen molar-refractivity contribution in [3.05, 3.63) is 136 Å². The van der Waals surface area contributed by atoms with Gasteiger partial charge in [0.05, 0.1) is 23.0 Å². The molecule has 0 saturated carbocycles. The summed E-state index contributed by atoms with van der Waals surface area (Å²) in [7, 11) is 0. The second-order valence-corrected chi connectivity index (χ2v) is 8.83. The molecule has 4 aromatic carbocycles. The van der Waals surface area contributed by atoms with Crippen molar-refractivity contribution in [1.82, 2.24) is 5.43 Å². The lowest BCUT2D eigenvalue weighted by Gasteiger charge is -2.09.